The third-order valence-electron chi connectivity index (χ3n) is 5.70. The van der Waals surface area contributed by atoms with Crippen molar-refractivity contribution in [1.82, 2.24) is 20.3 Å². The first-order valence-corrected chi connectivity index (χ1v) is 13.2. The number of anilines is 1. The van der Waals surface area contributed by atoms with E-state index < -0.39 is 16.1 Å². The fourth-order valence-electron chi connectivity index (χ4n) is 3.82. The van der Waals surface area contributed by atoms with Crippen LogP contribution in [0.1, 0.15) is 23.6 Å². The SMILES string of the molecule is CCc1ccc(OCC#N)c(S(=O)(=O)Nc2noc3cc(Cn4cc(CNC(=O)OC)cn4)cc(OC)c23)c1. The number of rotatable bonds is 11. The molecule has 0 atom stereocenters. The number of alkyl carbamates (subject to hydrolysis) is 1. The van der Waals surface area contributed by atoms with Crippen molar-refractivity contribution < 1.29 is 31.9 Å². The molecule has 0 spiro atoms. The van der Waals surface area contributed by atoms with E-state index in [9.17, 15) is 13.2 Å². The summed E-state index contributed by atoms with van der Waals surface area (Å²) in [6.07, 6.45) is 3.45. The molecule has 0 radical (unpaired) electrons. The lowest BCUT2D eigenvalue weighted by atomic mass is 10.1. The number of nitrogens with zero attached hydrogens (tertiary/aromatic N) is 4. The second-order valence-corrected chi connectivity index (χ2v) is 9.93. The minimum absolute atomic E-state index is 0.0451. The number of hydrogen-bond donors (Lipinski definition) is 2. The van der Waals surface area contributed by atoms with Crippen molar-refractivity contribution in [1.29, 1.82) is 5.26 Å². The Bertz CT molecular complexity index is 1640. The van der Waals surface area contributed by atoms with Crippen LogP contribution in [0.2, 0.25) is 0 Å². The number of hydrogen-bond acceptors (Lipinski definition) is 10. The molecule has 0 unspecified atom stereocenters. The number of methoxy groups -OCH3 is 2. The van der Waals surface area contributed by atoms with Crippen molar-refractivity contribution in [3.8, 4) is 17.6 Å². The molecule has 4 rings (SSSR count). The third kappa shape index (κ3) is 6.21. The van der Waals surface area contributed by atoms with Crippen LogP contribution in [0.4, 0.5) is 10.6 Å². The van der Waals surface area contributed by atoms with Gasteiger partial charge in [0.1, 0.15) is 27.8 Å². The Morgan fingerprint density at radius 2 is 1.97 bits per heavy atom. The molecule has 13 nitrogen and oxygen atoms in total. The molecule has 1 amide bonds. The molecule has 0 aliphatic rings. The molecule has 2 aromatic carbocycles. The highest BCUT2D eigenvalue weighted by molar-refractivity contribution is 7.92. The molecule has 0 aliphatic carbocycles. The van der Waals surface area contributed by atoms with Crippen LogP contribution in [0.15, 0.2) is 52.1 Å². The van der Waals surface area contributed by atoms with E-state index in [-0.39, 0.29) is 29.6 Å². The molecule has 14 heteroatoms. The maximum absolute atomic E-state index is 13.4. The van der Waals surface area contributed by atoms with Crippen LogP contribution in [0, 0.1) is 11.3 Å². The summed E-state index contributed by atoms with van der Waals surface area (Å²) in [6.45, 7) is 2.18. The second kappa shape index (κ2) is 11.7. The van der Waals surface area contributed by atoms with Crippen molar-refractivity contribution in [2.24, 2.45) is 0 Å². The summed E-state index contributed by atoms with van der Waals surface area (Å²) in [6, 6.07) is 10.0. The zero-order valence-corrected chi connectivity index (χ0v) is 22.2. The predicted molar refractivity (Wildman–Crippen MR) is 139 cm³/mol. The van der Waals surface area contributed by atoms with Crippen LogP contribution >= 0.6 is 0 Å². The number of sulfonamides is 1. The van der Waals surface area contributed by atoms with Gasteiger partial charge in [0.25, 0.3) is 10.0 Å². The van der Waals surface area contributed by atoms with Crippen molar-refractivity contribution >= 4 is 32.9 Å². The number of fused-ring (bicyclic) bond motifs is 1. The van der Waals surface area contributed by atoms with Crippen LogP contribution in [0.25, 0.3) is 11.0 Å². The molecule has 204 valence electrons. The Balaban J connectivity index is 1.61. The van der Waals surface area contributed by atoms with E-state index in [4.69, 9.17) is 19.3 Å². The maximum atomic E-state index is 13.4. The number of nitrogens with one attached hydrogen (secondary N) is 2. The number of ether oxygens (including phenoxy) is 3. The Hall–Kier alpha value is -4.77. The lowest BCUT2D eigenvalue weighted by molar-refractivity contribution is 0.170. The highest BCUT2D eigenvalue weighted by atomic mass is 32.2. The first-order chi connectivity index (χ1) is 18.8. The first kappa shape index (κ1) is 27.3. The normalized spacial score (nSPS) is 11.1. The standard InChI is InChI=1S/C25H26N6O7S/c1-4-16-5-6-19(37-8-7-26)22(11-16)39(33,34)30-24-23-20(35-2)9-17(10-21(23)38-29-24)14-31-15-18(13-28-31)12-27-25(32)36-3/h5-6,9-11,13,15H,4,8,12,14H2,1-3H3,(H,27,32)(H,29,30). The molecule has 0 fully saturated rings. The molecule has 2 heterocycles. The Morgan fingerprint density at radius 3 is 2.69 bits per heavy atom. The van der Waals surface area contributed by atoms with E-state index in [1.165, 1.54) is 26.4 Å². The summed E-state index contributed by atoms with van der Waals surface area (Å²) in [5.41, 5.74) is 2.60. The summed E-state index contributed by atoms with van der Waals surface area (Å²) < 4.78 is 51.8. The van der Waals surface area contributed by atoms with Gasteiger partial charge in [-0.3, -0.25) is 9.40 Å². The van der Waals surface area contributed by atoms with Crippen LogP contribution in [0.3, 0.4) is 0 Å². The van der Waals surface area contributed by atoms with Crippen molar-refractivity contribution in [3.05, 3.63) is 59.4 Å². The minimum Gasteiger partial charge on any atom is -0.496 e. The highest BCUT2D eigenvalue weighted by Crippen LogP contribution is 2.36. The molecule has 0 bridgehead atoms. The molecular weight excluding hydrogens is 528 g/mol. The average molecular weight is 555 g/mol. The van der Waals surface area contributed by atoms with Gasteiger partial charge >= 0.3 is 6.09 Å². The van der Waals surface area contributed by atoms with Crippen molar-refractivity contribution in [2.45, 2.75) is 31.3 Å². The Morgan fingerprint density at radius 1 is 1.15 bits per heavy atom. The van der Waals surface area contributed by atoms with Gasteiger partial charge in [0.05, 0.1) is 27.0 Å². The van der Waals surface area contributed by atoms with Crippen LogP contribution in [-0.4, -0.2) is 50.3 Å². The number of benzene rings is 2. The lowest BCUT2D eigenvalue weighted by Gasteiger charge is -2.13. The molecule has 0 saturated heterocycles. The van der Waals surface area contributed by atoms with Crippen LogP contribution in [-0.2, 0) is 34.3 Å². The van der Waals surface area contributed by atoms with E-state index in [1.807, 2.05) is 13.0 Å². The largest absolute Gasteiger partial charge is 0.496 e. The van der Waals surface area contributed by atoms with Gasteiger partial charge in [-0.05, 0) is 41.8 Å². The average Bonchev–Trinajstić information content (AvgIpc) is 3.56. The molecule has 4 aromatic rings. The molecule has 0 aliphatic heterocycles. The topological polar surface area (TPSA) is 171 Å². The number of carbonyl (C=O) groups is 1. The van der Waals surface area contributed by atoms with Gasteiger partial charge in [0.2, 0.25) is 0 Å². The van der Waals surface area contributed by atoms with Gasteiger partial charge in [0.15, 0.2) is 18.0 Å². The summed E-state index contributed by atoms with van der Waals surface area (Å²) in [7, 11) is -1.44. The van der Waals surface area contributed by atoms with Crippen LogP contribution < -0.4 is 19.5 Å². The monoisotopic (exact) mass is 554 g/mol. The fraction of sp³-hybridized carbons (Fsp3) is 0.280. The zero-order valence-electron chi connectivity index (χ0n) is 21.4. The van der Waals surface area contributed by atoms with E-state index in [1.54, 1.807) is 35.3 Å². The molecule has 2 aromatic heterocycles. The smallest absolute Gasteiger partial charge is 0.407 e. The summed E-state index contributed by atoms with van der Waals surface area (Å²) in [4.78, 5) is 11.2. The van der Waals surface area contributed by atoms with Gasteiger partial charge in [-0.2, -0.15) is 10.4 Å². The van der Waals surface area contributed by atoms with Gasteiger partial charge in [-0.15, -0.1) is 0 Å². The predicted octanol–water partition coefficient (Wildman–Crippen LogP) is 3.20. The molecule has 2 N–H and O–H groups in total. The van der Waals surface area contributed by atoms with Crippen molar-refractivity contribution in [2.75, 3.05) is 25.5 Å². The van der Waals surface area contributed by atoms with Crippen molar-refractivity contribution in [3.63, 3.8) is 0 Å². The van der Waals surface area contributed by atoms with E-state index in [0.29, 0.717) is 29.7 Å². The van der Waals surface area contributed by atoms with Crippen LogP contribution in [0.5, 0.6) is 11.5 Å². The van der Waals surface area contributed by atoms with E-state index >= 15 is 0 Å². The molecule has 0 saturated carbocycles. The number of aryl methyl sites for hydroxylation is 1. The quantitative estimate of drug-likeness (QED) is 0.280. The fourth-order valence-corrected chi connectivity index (χ4v) is 5.03. The summed E-state index contributed by atoms with van der Waals surface area (Å²) in [5.74, 6) is 0.324. The van der Waals surface area contributed by atoms with E-state index in [2.05, 4.69) is 25.0 Å². The van der Waals surface area contributed by atoms with Gasteiger partial charge in [-0.25, -0.2) is 13.2 Å². The molecule has 39 heavy (non-hydrogen) atoms. The Labute approximate surface area is 224 Å². The third-order valence-corrected chi connectivity index (χ3v) is 7.06. The lowest BCUT2D eigenvalue weighted by Crippen LogP contribution is -2.21. The Kier molecular flexibility index (Phi) is 8.21. The summed E-state index contributed by atoms with van der Waals surface area (Å²) in [5, 5.41) is 20.0. The summed E-state index contributed by atoms with van der Waals surface area (Å²) >= 11 is 0. The number of carbonyl (C=O) groups excluding carboxylic acids is 1. The van der Waals surface area contributed by atoms with E-state index in [0.717, 1.165) is 16.7 Å². The minimum atomic E-state index is -4.18. The molecular formula is C25H26N6O7S. The maximum Gasteiger partial charge on any atom is 0.407 e. The number of amides is 1. The van der Waals surface area contributed by atoms with Gasteiger partial charge in [0, 0.05) is 18.3 Å². The highest BCUT2D eigenvalue weighted by Gasteiger charge is 2.25. The number of nitriles is 1. The number of aromatic nitrogens is 3. The van der Waals surface area contributed by atoms with Gasteiger partial charge in [-0.1, -0.05) is 18.1 Å². The zero-order chi connectivity index (χ0) is 28.0. The van der Waals surface area contributed by atoms with Gasteiger partial charge < -0.3 is 24.1 Å². The second-order valence-electron chi connectivity index (χ2n) is 8.28. The first-order valence-electron chi connectivity index (χ1n) is 11.7.